The smallest absolute Gasteiger partial charge is 0.159 e. The Morgan fingerprint density at radius 3 is 0.987 bits per heavy atom. The zero-order chi connectivity index (χ0) is 53.1. The van der Waals surface area contributed by atoms with Gasteiger partial charge in [-0.1, -0.05) is 210 Å². The summed E-state index contributed by atoms with van der Waals surface area (Å²) in [5.74, 6) is 0. The standard InChI is InChI=1S/C72H69N3O/c1-69(2,3)46-28-36-50(37-29-46)73(51-38-30-47(31-39-51)70(4,5)6)61-44-63-66(57-23-15-13-20-54(57)61)67-58-24-16-14-21-55(58)62(45-64(67)75(63)60-26-19-25-59-56-22-17-18-27-65(56)76-68(59)60)74(52-40-32-48(33-41-52)71(7,8)9)53-42-34-49(35-43-53)72(10,11)12/h13-45H,1-12H3. The van der Waals surface area contributed by atoms with Crippen molar-refractivity contribution < 1.29 is 4.42 Å². The molecule has 0 aliphatic carbocycles. The SMILES string of the molecule is CC(C)(C)c1ccc(N(c2ccc(C(C)(C)C)cc2)c2cc3c(c4ccccc24)c2c4ccccc4c(N(c4ccc(C(C)(C)C)cc4)c4ccc(C(C)(C)C)cc4)cc2n3-c2cccc3c2oc2ccccc23)cc1. The molecule has 0 radical (unpaired) electrons. The molecule has 4 heteroatoms. The highest BCUT2D eigenvalue weighted by molar-refractivity contribution is 6.32. The van der Waals surface area contributed by atoms with Gasteiger partial charge in [0.05, 0.1) is 28.1 Å². The van der Waals surface area contributed by atoms with Crippen molar-refractivity contribution in [3.05, 3.63) is 222 Å². The summed E-state index contributed by atoms with van der Waals surface area (Å²) < 4.78 is 9.53. The van der Waals surface area contributed by atoms with Crippen molar-refractivity contribution in [3.8, 4) is 5.69 Å². The number of fused-ring (bicyclic) bond motifs is 10. The molecule has 2 heterocycles. The van der Waals surface area contributed by atoms with Crippen molar-refractivity contribution in [2.75, 3.05) is 9.80 Å². The summed E-state index contributed by atoms with van der Waals surface area (Å²) in [5, 5.41) is 9.30. The van der Waals surface area contributed by atoms with Crippen LogP contribution in [-0.4, -0.2) is 4.57 Å². The van der Waals surface area contributed by atoms with E-state index in [0.29, 0.717) is 0 Å². The Morgan fingerprint density at radius 2 is 0.632 bits per heavy atom. The molecule has 0 fully saturated rings. The van der Waals surface area contributed by atoms with E-state index in [-0.39, 0.29) is 21.7 Å². The summed E-state index contributed by atoms with van der Waals surface area (Å²) in [7, 11) is 0. The Morgan fingerprint density at radius 1 is 0.316 bits per heavy atom. The number of furan rings is 1. The van der Waals surface area contributed by atoms with Crippen LogP contribution in [0.5, 0.6) is 0 Å². The molecule has 0 atom stereocenters. The fourth-order valence-electron chi connectivity index (χ4n) is 11.5. The summed E-state index contributed by atoms with van der Waals surface area (Å²) in [5.41, 5.74) is 16.7. The van der Waals surface area contributed by atoms with Crippen molar-refractivity contribution >= 4 is 99.4 Å². The van der Waals surface area contributed by atoms with Gasteiger partial charge in [-0.2, -0.15) is 0 Å². The highest BCUT2D eigenvalue weighted by Crippen LogP contribution is 2.51. The first-order chi connectivity index (χ1) is 36.2. The largest absolute Gasteiger partial charge is 0.454 e. The maximum absolute atomic E-state index is 7.03. The van der Waals surface area contributed by atoms with Gasteiger partial charge in [0, 0.05) is 55.1 Å². The number of rotatable bonds is 7. The van der Waals surface area contributed by atoms with Gasteiger partial charge in [0.1, 0.15) is 5.58 Å². The molecule has 0 spiro atoms. The summed E-state index contributed by atoms with van der Waals surface area (Å²) in [6, 6.07) is 74.9. The van der Waals surface area contributed by atoms with E-state index >= 15 is 0 Å². The van der Waals surface area contributed by atoms with Gasteiger partial charge in [-0.05, 0) is 127 Å². The molecule has 0 aliphatic heterocycles. The Balaban J connectivity index is 1.23. The van der Waals surface area contributed by atoms with Crippen LogP contribution in [0.25, 0.3) is 71.0 Å². The van der Waals surface area contributed by atoms with Crippen LogP contribution in [0.3, 0.4) is 0 Å². The summed E-state index contributed by atoms with van der Waals surface area (Å²) >= 11 is 0. The molecule has 12 rings (SSSR count). The molecule has 0 unspecified atom stereocenters. The molecule has 0 N–H and O–H groups in total. The maximum atomic E-state index is 7.03. The molecular formula is C72H69N3O. The fourth-order valence-corrected chi connectivity index (χ4v) is 11.5. The van der Waals surface area contributed by atoms with E-state index in [1.807, 2.05) is 0 Å². The average Bonchev–Trinajstić information content (AvgIpc) is 3.95. The van der Waals surface area contributed by atoms with Crippen LogP contribution in [-0.2, 0) is 21.7 Å². The molecule has 378 valence electrons. The zero-order valence-corrected chi connectivity index (χ0v) is 46.3. The molecule has 0 saturated carbocycles. The first kappa shape index (κ1) is 48.8. The third kappa shape index (κ3) is 8.30. The summed E-state index contributed by atoms with van der Waals surface area (Å²) in [6.45, 7) is 27.4. The fraction of sp³-hybridized carbons (Fsp3) is 0.222. The highest BCUT2D eigenvalue weighted by Gasteiger charge is 2.28. The first-order valence-electron chi connectivity index (χ1n) is 27.1. The number of aromatic nitrogens is 1. The highest BCUT2D eigenvalue weighted by atomic mass is 16.3. The van der Waals surface area contributed by atoms with Gasteiger partial charge in [0.2, 0.25) is 0 Å². The van der Waals surface area contributed by atoms with Crippen LogP contribution in [0, 0.1) is 0 Å². The monoisotopic (exact) mass is 992 g/mol. The predicted molar refractivity (Wildman–Crippen MR) is 327 cm³/mol. The lowest BCUT2D eigenvalue weighted by Crippen LogP contribution is -2.14. The lowest BCUT2D eigenvalue weighted by molar-refractivity contribution is 0.590. The second kappa shape index (κ2) is 17.8. The molecule has 4 nitrogen and oxygen atoms in total. The third-order valence-electron chi connectivity index (χ3n) is 15.8. The van der Waals surface area contributed by atoms with Gasteiger partial charge in [-0.3, -0.25) is 0 Å². The van der Waals surface area contributed by atoms with E-state index in [0.717, 1.165) is 72.8 Å². The number of hydrogen-bond acceptors (Lipinski definition) is 3. The molecule has 0 aliphatic rings. The Bertz CT molecular complexity index is 3830. The Kier molecular flexibility index (Phi) is 11.4. The van der Waals surface area contributed by atoms with E-state index in [9.17, 15) is 0 Å². The number of nitrogens with zero attached hydrogens (tertiary/aromatic N) is 3. The van der Waals surface area contributed by atoms with Crippen LogP contribution < -0.4 is 9.80 Å². The lowest BCUT2D eigenvalue weighted by Gasteiger charge is -2.29. The minimum atomic E-state index is 0.00486. The summed E-state index contributed by atoms with van der Waals surface area (Å²) in [6.07, 6.45) is 0. The molecule has 0 saturated heterocycles. The Labute approximate surface area is 448 Å². The van der Waals surface area contributed by atoms with Gasteiger partial charge in [-0.25, -0.2) is 0 Å². The van der Waals surface area contributed by atoms with Crippen LogP contribution in [0.2, 0.25) is 0 Å². The van der Waals surface area contributed by atoms with Crippen molar-refractivity contribution in [2.45, 2.75) is 105 Å². The van der Waals surface area contributed by atoms with E-state index in [4.69, 9.17) is 4.42 Å². The minimum absolute atomic E-state index is 0.00486. The van der Waals surface area contributed by atoms with Gasteiger partial charge in [0.15, 0.2) is 5.58 Å². The van der Waals surface area contributed by atoms with Crippen LogP contribution in [0.4, 0.5) is 34.1 Å². The second-order valence-electron chi connectivity index (χ2n) is 25.1. The topological polar surface area (TPSA) is 24.6 Å². The number of hydrogen-bond donors (Lipinski definition) is 0. The predicted octanol–water partition coefficient (Wildman–Crippen LogP) is 21.1. The molecule has 0 bridgehead atoms. The quantitative estimate of drug-likeness (QED) is 0.159. The molecule has 12 aromatic rings. The lowest BCUT2D eigenvalue weighted by atomic mass is 9.86. The zero-order valence-electron chi connectivity index (χ0n) is 46.3. The molecule has 76 heavy (non-hydrogen) atoms. The van der Waals surface area contributed by atoms with Crippen molar-refractivity contribution in [1.82, 2.24) is 4.57 Å². The molecule has 0 amide bonds. The molecule has 2 aromatic heterocycles. The third-order valence-corrected chi connectivity index (χ3v) is 15.8. The minimum Gasteiger partial charge on any atom is -0.454 e. The molecular weight excluding hydrogens is 923 g/mol. The van der Waals surface area contributed by atoms with Gasteiger partial charge in [-0.15, -0.1) is 0 Å². The van der Waals surface area contributed by atoms with Gasteiger partial charge in [0.25, 0.3) is 0 Å². The molecule has 10 aromatic carbocycles. The second-order valence-corrected chi connectivity index (χ2v) is 25.1. The van der Waals surface area contributed by atoms with Crippen LogP contribution in [0.15, 0.2) is 205 Å². The normalized spacial score (nSPS) is 12.7. The van der Waals surface area contributed by atoms with E-state index in [1.54, 1.807) is 0 Å². The van der Waals surface area contributed by atoms with Crippen molar-refractivity contribution in [2.24, 2.45) is 0 Å². The van der Waals surface area contributed by atoms with E-state index in [2.05, 4.69) is 298 Å². The maximum Gasteiger partial charge on any atom is 0.159 e. The Hall–Kier alpha value is -8.08. The number of para-hydroxylation sites is 2. The van der Waals surface area contributed by atoms with Crippen molar-refractivity contribution in [3.63, 3.8) is 0 Å². The van der Waals surface area contributed by atoms with Crippen LogP contribution >= 0.6 is 0 Å². The number of anilines is 6. The summed E-state index contributed by atoms with van der Waals surface area (Å²) in [4.78, 5) is 4.94. The number of benzene rings is 10. The van der Waals surface area contributed by atoms with Gasteiger partial charge < -0.3 is 18.8 Å². The van der Waals surface area contributed by atoms with E-state index in [1.165, 1.54) is 54.6 Å². The first-order valence-corrected chi connectivity index (χ1v) is 27.1. The van der Waals surface area contributed by atoms with Crippen molar-refractivity contribution in [1.29, 1.82) is 0 Å². The van der Waals surface area contributed by atoms with Crippen LogP contribution in [0.1, 0.15) is 105 Å². The average molecular weight is 992 g/mol. The van der Waals surface area contributed by atoms with Gasteiger partial charge >= 0.3 is 0 Å². The van der Waals surface area contributed by atoms with E-state index < -0.39 is 0 Å².